The Morgan fingerprint density at radius 2 is 2.12 bits per heavy atom. The van der Waals surface area contributed by atoms with Crippen molar-refractivity contribution in [2.75, 3.05) is 6.54 Å². The number of ether oxygens (including phenoxy) is 1. The first-order valence-electron chi connectivity index (χ1n) is 8.44. The van der Waals surface area contributed by atoms with Gasteiger partial charge in [0.1, 0.15) is 11.6 Å². The molecule has 7 heteroatoms. The Hall–Kier alpha value is -1.63. The zero-order valence-corrected chi connectivity index (χ0v) is 15.7. The maximum absolute atomic E-state index is 12.7. The molecule has 0 unspecified atom stereocenters. The molecule has 1 N–H and O–H groups in total. The molecule has 1 aromatic heterocycles. The fourth-order valence-corrected chi connectivity index (χ4v) is 3.42. The smallest absolute Gasteiger partial charge is 0.410 e. The normalized spacial score (nSPS) is 18.8. The third-order valence-corrected chi connectivity index (χ3v) is 4.89. The number of likely N-dealkylation sites (tertiary alicyclic amines) is 1. The Bertz CT molecular complexity index is 580. The lowest BCUT2D eigenvalue weighted by atomic mass is 10.1. The molecule has 1 fully saturated rings. The molecule has 1 aliphatic rings. The van der Waals surface area contributed by atoms with Gasteiger partial charge in [-0.3, -0.25) is 9.69 Å². The van der Waals surface area contributed by atoms with Gasteiger partial charge in [-0.15, -0.1) is 11.3 Å². The highest BCUT2D eigenvalue weighted by Gasteiger charge is 2.33. The Morgan fingerprint density at radius 3 is 2.75 bits per heavy atom. The van der Waals surface area contributed by atoms with Gasteiger partial charge >= 0.3 is 6.09 Å². The van der Waals surface area contributed by atoms with E-state index in [2.05, 4.69) is 10.3 Å². The summed E-state index contributed by atoms with van der Waals surface area (Å²) >= 11 is 1.53. The van der Waals surface area contributed by atoms with Crippen LogP contribution in [0.4, 0.5) is 4.79 Å². The summed E-state index contributed by atoms with van der Waals surface area (Å²) in [5.41, 5.74) is 2.14. The highest BCUT2D eigenvalue weighted by molar-refractivity contribution is 7.09. The number of hydrogen-bond donors (Lipinski definition) is 1. The molecule has 0 bridgehead atoms. The van der Waals surface area contributed by atoms with Crippen LogP contribution in [0.1, 0.15) is 57.0 Å². The predicted molar refractivity (Wildman–Crippen MR) is 93.9 cm³/mol. The third-order valence-electron chi connectivity index (χ3n) is 3.95. The second-order valence-electron chi connectivity index (χ2n) is 7.12. The quantitative estimate of drug-likeness (QED) is 0.905. The Balaban J connectivity index is 2.03. The second-order valence-corrected chi connectivity index (χ2v) is 8.06. The summed E-state index contributed by atoms with van der Waals surface area (Å²) in [5.74, 6) is -0.115. The Morgan fingerprint density at radius 1 is 1.38 bits per heavy atom. The van der Waals surface area contributed by atoms with Gasteiger partial charge in [0, 0.05) is 11.4 Å². The van der Waals surface area contributed by atoms with Gasteiger partial charge in [0.15, 0.2) is 0 Å². The van der Waals surface area contributed by atoms with Crippen LogP contribution in [0.25, 0.3) is 0 Å². The van der Waals surface area contributed by atoms with Crippen molar-refractivity contribution in [3.63, 3.8) is 0 Å². The summed E-state index contributed by atoms with van der Waals surface area (Å²) in [5, 5.41) is 2.95. The molecule has 1 atom stereocenters. The molecule has 24 heavy (non-hydrogen) atoms. The van der Waals surface area contributed by atoms with Crippen molar-refractivity contribution in [1.82, 2.24) is 15.2 Å². The van der Waals surface area contributed by atoms with Crippen LogP contribution < -0.4 is 5.32 Å². The lowest BCUT2D eigenvalue weighted by Gasteiger charge is -2.31. The lowest BCUT2D eigenvalue weighted by Crippen LogP contribution is -2.50. The van der Waals surface area contributed by atoms with Gasteiger partial charge in [-0.25, -0.2) is 9.78 Å². The number of aromatic nitrogens is 1. The molecular formula is C17H27N3O3S. The van der Waals surface area contributed by atoms with Gasteiger partial charge in [0.2, 0.25) is 5.91 Å². The Kier molecular flexibility index (Phi) is 6.21. The standard InChI is InChI=1S/C17H27N3O3S/c1-12-14(24-11-19-12)10-18-15(21)13-8-6-5-7-9-20(13)16(22)23-17(2,3)4/h11,13H,5-10H2,1-4H3,(H,18,21)/t13-/m1/s1. The lowest BCUT2D eigenvalue weighted by molar-refractivity contribution is -0.126. The van der Waals surface area contributed by atoms with Crippen molar-refractivity contribution < 1.29 is 14.3 Å². The highest BCUT2D eigenvalue weighted by atomic mass is 32.1. The zero-order valence-electron chi connectivity index (χ0n) is 14.9. The number of hydrogen-bond acceptors (Lipinski definition) is 5. The molecule has 1 aliphatic heterocycles. The maximum Gasteiger partial charge on any atom is 0.410 e. The number of nitrogens with one attached hydrogen (secondary N) is 1. The number of rotatable bonds is 3. The number of carbonyl (C=O) groups excluding carboxylic acids is 2. The molecule has 6 nitrogen and oxygen atoms in total. The van der Waals surface area contributed by atoms with Crippen molar-refractivity contribution in [1.29, 1.82) is 0 Å². The maximum atomic E-state index is 12.7. The van der Waals surface area contributed by atoms with Crippen LogP contribution >= 0.6 is 11.3 Å². The van der Waals surface area contributed by atoms with E-state index in [1.807, 2.05) is 27.7 Å². The topological polar surface area (TPSA) is 71.5 Å². The van der Waals surface area contributed by atoms with Gasteiger partial charge in [-0.2, -0.15) is 0 Å². The number of thiazole rings is 1. The number of nitrogens with zero attached hydrogens (tertiary/aromatic N) is 2. The Labute approximate surface area is 147 Å². The summed E-state index contributed by atoms with van der Waals surface area (Å²) in [6.07, 6.45) is 3.14. The minimum atomic E-state index is -0.565. The van der Waals surface area contributed by atoms with Crippen LogP contribution in [0, 0.1) is 6.92 Å². The minimum absolute atomic E-state index is 0.115. The van der Waals surface area contributed by atoms with Gasteiger partial charge in [-0.1, -0.05) is 12.8 Å². The molecule has 2 amide bonds. The van der Waals surface area contributed by atoms with Crippen molar-refractivity contribution in [3.05, 3.63) is 16.1 Å². The molecule has 2 heterocycles. The molecule has 1 aromatic rings. The molecule has 2 rings (SSSR count). The monoisotopic (exact) mass is 353 g/mol. The third kappa shape index (κ3) is 5.19. The second kappa shape index (κ2) is 7.96. The van der Waals surface area contributed by atoms with E-state index in [-0.39, 0.29) is 5.91 Å². The van der Waals surface area contributed by atoms with Gasteiger partial charge in [-0.05, 0) is 40.5 Å². The van der Waals surface area contributed by atoms with Crippen molar-refractivity contribution in [2.45, 2.75) is 71.6 Å². The molecule has 0 spiro atoms. The average molecular weight is 353 g/mol. The molecule has 134 valence electrons. The first-order chi connectivity index (χ1) is 11.3. The zero-order chi connectivity index (χ0) is 17.7. The molecule has 0 aromatic carbocycles. The van der Waals surface area contributed by atoms with E-state index in [4.69, 9.17) is 4.74 Å². The number of amides is 2. The fraction of sp³-hybridized carbons (Fsp3) is 0.706. The molecule has 0 aliphatic carbocycles. The van der Waals surface area contributed by atoms with E-state index in [9.17, 15) is 9.59 Å². The minimum Gasteiger partial charge on any atom is -0.444 e. The van der Waals surface area contributed by atoms with Crippen LogP contribution in [-0.4, -0.2) is 40.1 Å². The van der Waals surface area contributed by atoms with E-state index < -0.39 is 17.7 Å². The first-order valence-corrected chi connectivity index (χ1v) is 9.32. The van der Waals surface area contributed by atoms with E-state index in [0.717, 1.165) is 29.8 Å². The van der Waals surface area contributed by atoms with E-state index in [1.165, 1.54) is 11.3 Å². The summed E-state index contributed by atoms with van der Waals surface area (Å²) in [6, 6.07) is -0.462. The SMILES string of the molecule is Cc1ncsc1CNC(=O)[C@H]1CCCCCN1C(=O)OC(C)(C)C. The molecule has 0 saturated carbocycles. The van der Waals surface area contributed by atoms with Crippen LogP contribution in [0.2, 0.25) is 0 Å². The van der Waals surface area contributed by atoms with E-state index in [1.54, 1.807) is 10.4 Å². The highest BCUT2D eigenvalue weighted by Crippen LogP contribution is 2.21. The molecule has 1 saturated heterocycles. The average Bonchev–Trinajstić information content (AvgIpc) is 2.74. The van der Waals surface area contributed by atoms with Crippen LogP contribution in [0.15, 0.2) is 5.51 Å². The van der Waals surface area contributed by atoms with Gasteiger partial charge < -0.3 is 10.1 Å². The van der Waals surface area contributed by atoms with E-state index >= 15 is 0 Å². The summed E-state index contributed by atoms with van der Waals surface area (Å²) in [6.45, 7) is 8.45. The largest absolute Gasteiger partial charge is 0.444 e. The number of aryl methyl sites for hydroxylation is 1. The van der Waals surface area contributed by atoms with Crippen molar-refractivity contribution in [2.24, 2.45) is 0 Å². The fourth-order valence-electron chi connectivity index (χ4n) is 2.70. The summed E-state index contributed by atoms with van der Waals surface area (Å²) in [7, 11) is 0. The molecule has 0 radical (unpaired) electrons. The van der Waals surface area contributed by atoms with Crippen LogP contribution in [0.5, 0.6) is 0 Å². The van der Waals surface area contributed by atoms with Crippen molar-refractivity contribution in [3.8, 4) is 0 Å². The van der Waals surface area contributed by atoms with Gasteiger partial charge in [0.25, 0.3) is 0 Å². The first kappa shape index (κ1) is 18.7. The van der Waals surface area contributed by atoms with Crippen LogP contribution in [-0.2, 0) is 16.1 Å². The van der Waals surface area contributed by atoms with E-state index in [0.29, 0.717) is 19.5 Å². The summed E-state index contributed by atoms with van der Waals surface area (Å²) in [4.78, 5) is 32.0. The van der Waals surface area contributed by atoms with Gasteiger partial charge in [0.05, 0.1) is 17.7 Å². The number of carbonyl (C=O) groups is 2. The van der Waals surface area contributed by atoms with Crippen LogP contribution in [0.3, 0.4) is 0 Å². The predicted octanol–water partition coefficient (Wildman–Crippen LogP) is 3.25. The molecular weight excluding hydrogens is 326 g/mol. The van der Waals surface area contributed by atoms with Crippen molar-refractivity contribution >= 4 is 23.3 Å². The summed E-state index contributed by atoms with van der Waals surface area (Å²) < 4.78 is 5.48.